The Labute approximate surface area is 116 Å². The molecule has 18 heavy (non-hydrogen) atoms. The highest BCUT2D eigenvalue weighted by molar-refractivity contribution is 7.11. The largest absolute Gasteiger partial charge is 0.342 e. The highest BCUT2D eigenvalue weighted by Gasteiger charge is 2.05. The second-order valence-electron chi connectivity index (χ2n) is 4.34. The lowest BCUT2D eigenvalue weighted by Crippen LogP contribution is -1.95. The third-order valence-electron chi connectivity index (χ3n) is 3.15. The Hall–Kier alpha value is -1.25. The zero-order chi connectivity index (χ0) is 12.5. The first kappa shape index (κ1) is 11.8. The molecule has 0 spiro atoms. The van der Waals surface area contributed by atoms with Gasteiger partial charge in [-0.15, -0.1) is 11.3 Å². The first-order valence-electron chi connectivity index (χ1n) is 6.09. The maximum absolute atomic E-state index is 6.19. The van der Waals surface area contributed by atoms with Crippen LogP contribution in [-0.2, 0) is 13.0 Å². The molecule has 2 aromatic heterocycles. The van der Waals surface area contributed by atoms with Gasteiger partial charge in [0, 0.05) is 31.9 Å². The summed E-state index contributed by atoms with van der Waals surface area (Å²) in [5.41, 5.74) is 1.20. The number of hydrogen-bond donors (Lipinski definition) is 0. The molecule has 3 heteroatoms. The quantitative estimate of drug-likeness (QED) is 0.636. The molecule has 0 aliphatic rings. The minimum atomic E-state index is 0.826. The molecule has 2 heterocycles. The lowest BCUT2D eigenvalue weighted by atomic mass is 10.2. The Balaban J connectivity index is 1.97. The Morgan fingerprint density at radius 3 is 2.72 bits per heavy atom. The smallest absolute Gasteiger partial charge is 0.0569 e. The van der Waals surface area contributed by atoms with Crippen LogP contribution < -0.4 is 0 Å². The number of aryl methyl sites for hydroxylation is 1. The second-order valence-corrected chi connectivity index (χ2v) is 6.00. The number of halogens is 1. The zero-order valence-electron chi connectivity index (χ0n) is 10.2. The van der Waals surface area contributed by atoms with Crippen LogP contribution in [0.2, 0.25) is 5.02 Å². The molecule has 0 atom stereocenters. The van der Waals surface area contributed by atoms with Crippen LogP contribution in [0.3, 0.4) is 0 Å². The van der Waals surface area contributed by atoms with Crippen molar-refractivity contribution in [3.05, 3.63) is 57.4 Å². The van der Waals surface area contributed by atoms with Gasteiger partial charge in [-0.3, -0.25) is 0 Å². The molecule has 92 valence electrons. The van der Waals surface area contributed by atoms with E-state index < -0.39 is 0 Å². The molecule has 0 bridgehead atoms. The Morgan fingerprint density at radius 1 is 1.11 bits per heavy atom. The van der Waals surface area contributed by atoms with E-state index in [0.717, 1.165) is 23.4 Å². The number of hydrogen-bond acceptors (Lipinski definition) is 1. The van der Waals surface area contributed by atoms with Crippen LogP contribution in [0, 0.1) is 0 Å². The fraction of sp³-hybridized carbons (Fsp3) is 0.200. The van der Waals surface area contributed by atoms with E-state index in [-0.39, 0.29) is 0 Å². The van der Waals surface area contributed by atoms with Gasteiger partial charge in [-0.1, -0.05) is 24.6 Å². The van der Waals surface area contributed by atoms with E-state index >= 15 is 0 Å². The van der Waals surface area contributed by atoms with E-state index in [1.807, 2.05) is 23.5 Å². The molecular weight excluding hydrogens is 262 g/mol. The molecule has 0 N–H and O–H groups in total. The molecule has 0 saturated carbocycles. The SMILES string of the molecule is CCc1ccc(Cn2ccc3c(Cl)cccc32)s1. The summed E-state index contributed by atoms with van der Waals surface area (Å²) < 4.78 is 2.26. The van der Waals surface area contributed by atoms with E-state index in [0.29, 0.717) is 0 Å². The molecule has 0 radical (unpaired) electrons. The summed E-state index contributed by atoms with van der Waals surface area (Å²) >= 11 is 8.08. The van der Waals surface area contributed by atoms with Gasteiger partial charge in [-0.2, -0.15) is 0 Å². The third kappa shape index (κ3) is 2.06. The fourth-order valence-electron chi connectivity index (χ4n) is 2.19. The van der Waals surface area contributed by atoms with Crippen molar-refractivity contribution in [3.8, 4) is 0 Å². The average molecular weight is 276 g/mol. The molecule has 3 aromatic rings. The van der Waals surface area contributed by atoms with Crippen molar-refractivity contribution >= 4 is 33.8 Å². The highest BCUT2D eigenvalue weighted by Crippen LogP contribution is 2.26. The summed E-state index contributed by atoms with van der Waals surface area (Å²) in [4.78, 5) is 2.84. The van der Waals surface area contributed by atoms with Gasteiger partial charge >= 0.3 is 0 Å². The van der Waals surface area contributed by atoms with Gasteiger partial charge in [0.25, 0.3) is 0 Å². The number of aromatic nitrogens is 1. The van der Waals surface area contributed by atoms with Gasteiger partial charge in [0.15, 0.2) is 0 Å². The molecular formula is C15H14ClNS. The highest BCUT2D eigenvalue weighted by atomic mass is 35.5. The fourth-order valence-corrected chi connectivity index (χ4v) is 3.38. The van der Waals surface area contributed by atoms with Gasteiger partial charge in [0.1, 0.15) is 0 Å². The van der Waals surface area contributed by atoms with Gasteiger partial charge in [-0.05, 0) is 36.8 Å². The van der Waals surface area contributed by atoms with Crippen molar-refractivity contribution < 1.29 is 0 Å². The Morgan fingerprint density at radius 2 is 1.94 bits per heavy atom. The average Bonchev–Trinajstić information content (AvgIpc) is 2.98. The first-order valence-corrected chi connectivity index (χ1v) is 7.28. The van der Waals surface area contributed by atoms with Crippen LogP contribution in [0.1, 0.15) is 16.7 Å². The molecule has 0 amide bonds. The number of thiophene rings is 1. The molecule has 0 fully saturated rings. The summed E-state index contributed by atoms with van der Waals surface area (Å²) in [5, 5.41) is 1.96. The van der Waals surface area contributed by atoms with Crippen LogP contribution in [0.5, 0.6) is 0 Å². The normalized spacial score (nSPS) is 11.2. The maximum atomic E-state index is 6.19. The molecule has 3 rings (SSSR count). The molecule has 0 unspecified atom stereocenters. The number of benzene rings is 1. The predicted molar refractivity (Wildman–Crippen MR) is 79.7 cm³/mol. The zero-order valence-corrected chi connectivity index (χ0v) is 11.8. The monoisotopic (exact) mass is 275 g/mol. The van der Waals surface area contributed by atoms with Crippen LogP contribution in [0.25, 0.3) is 10.9 Å². The van der Waals surface area contributed by atoms with Crippen molar-refractivity contribution in [2.24, 2.45) is 0 Å². The lowest BCUT2D eigenvalue weighted by Gasteiger charge is -2.03. The lowest BCUT2D eigenvalue weighted by molar-refractivity contribution is 0.852. The summed E-state index contributed by atoms with van der Waals surface area (Å²) in [6.07, 6.45) is 3.23. The Bertz CT molecular complexity index is 681. The Kier molecular flexibility index (Phi) is 3.14. The van der Waals surface area contributed by atoms with E-state index in [1.165, 1.54) is 15.3 Å². The van der Waals surface area contributed by atoms with Crippen molar-refractivity contribution in [2.75, 3.05) is 0 Å². The van der Waals surface area contributed by atoms with Crippen molar-refractivity contribution in [1.82, 2.24) is 4.57 Å². The van der Waals surface area contributed by atoms with Gasteiger partial charge in [0.2, 0.25) is 0 Å². The summed E-state index contributed by atoms with van der Waals surface area (Å²) in [6, 6.07) is 12.6. The molecule has 0 aliphatic carbocycles. The van der Waals surface area contributed by atoms with Crippen molar-refractivity contribution in [3.63, 3.8) is 0 Å². The van der Waals surface area contributed by atoms with E-state index in [4.69, 9.17) is 11.6 Å². The molecule has 1 aromatic carbocycles. The number of nitrogens with zero attached hydrogens (tertiary/aromatic N) is 1. The summed E-state index contributed by atoms with van der Waals surface area (Å²) in [6.45, 7) is 3.12. The predicted octanol–water partition coefficient (Wildman–Crippen LogP) is 4.97. The topological polar surface area (TPSA) is 4.93 Å². The molecule has 1 nitrogen and oxygen atoms in total. The van der Waals surface area contributed by atoms with E-state index in [1.54, 1.807) is 0 Å². The van der Waals surface area contributed by atoms with E-state index in [9.17, 15) is 0 Å². The maximum Gasteiger partial charge on any atom is 0.0569 e. The van der Waals surface area contributed by atoms with Crippen molar-refractivity contribution in [2.45, 2.75) is 19.9 Å². The molecule has 0 aliphatic heterocycles. The van der Waals surface area contributed by atoms with Crippen LogP contribution in [0.15, 0.2) is 42.6 Å². The minimum Gasteiger partial charge on any atom is -0.342 e. The standard InChI is InChI=1S/C15H14ClNS/c1-2-11-6-7-12(18-11)10-17-9-8-13-14(16)4-3-5-15(13)17/h3-9H,2,10H2,1H3. The summed E-state index contributed by atoms with van der Waals surface area (Å²) in [5.74, 6) is 0. The van der Waals surface area contributed by atoms with Crippen LogP contribution >= 0.6 is 22.9 Å². The van der Waals surface area contributed by atoms with Gasteiger partial charge in [-0.25, -0.2) is 0 Å². The van der Waals surface area contributed by atoms with Crippen LogP contribution in [0.4, 0.5) is 0 Å². The minimum absolute atomic E-state index is 0.826. The third-order valence-corrected chi connectivity index (χ3v) is 4.70. The number of fused-ring (bicyclic) bond motifs is 1. The first-order chi connectivity index (χ1) is 8.78. The summed E-state index contributed by atoms with van der Waals surface area (Å²) in [7, 11) is 0. The van der Waals surface area contributed by atoms with Crippen molar-refractivity contribution in [1.29, 1.82) is 0 Å². The van der Waals surface area contributed by atoms with Crippen LogP contribution in [-0.4, -0.2) is 4.57 Å². The number of rotatable bonds is 3. The van der Waals surface area contributed by atoms with E-state index in [2.05, 4.69) is 42.0 Å². The molecule has 0 saturated heterocycles. The van der Waals surface area contributed by atoms with Gasteiger partial charge in [0.05, 0.1) is 6.54 Å². The van der Waals surface area contributed by atoms with Gasteiger partial charge < -0.3 is 4.57 Å². The second kappa shape index (κ2) is 4.79.